The van der Waals surface area contributed by atoms with Crippen LogP contribution >= 0.6 is 0 Å². The number of hydrogen-bond donors (Lipinski definition) is 0. The lowest BCUT2D eigenvalue weighted by molar-refractivity contribution is 0.376. The molecule has 0 saturated carbocycles. The summed E-state index contributed by atoms with van der Waals surface area (Å²) in [7, 11) is 0. The second-order valence-electron chi connectivity index (χ2n) is 25.6. The van der Waals surface area contributed by atoms with Gasteiger partial charge in [-0.05, 0) is 135 Å². The maximum atomic E-state index is 2.64. The molecule has 0 N–H and O–H groups in total. The maximum absolute atomic E-state index is 2.64. The third-order valence-corrected chi connectivity index (χ3v) is 21.0. The Labute approximate surface area is 549 Å². The third-order valence-electron chi connectivity index (χ3n) is 21.0. The minimum absolute atomic E-state index is 0.749. The van der Waals surface area contributed by atoms with Gasteiger partial charge in [0, 0.05) is 43.9 Å². The third kappa shape index (κ3) is 8.22. The second kappa shape index (κ2) is 21.9. The highest BCUT2D eigenvalue weighted by Gasteiger charge is 2.59. The monoisotopic (exact) mass is 1200 g/mol. The number of benzene rings is 16. The van der Waals surface area contributed by atoms with E-state index in [1.807, 2.05) is 0 Å². The molecule has 0 saturated heterocycles. The van der Waals surface area contributed by atoms with Gasteiger partial charge in [0.15, 0.2) is 0 Å². The highest BCUT2D eigenvalue weighted by atomic mass is 15.2. The summed E-state index contributed by atoms with van der Waals surface area (Å²) in [5.74, 6) is 0. The molecule has 0 bridgehead atoms. The number of nitrogens with zero attached hydrogens (tertiary/aromatic N) is 2. The summed E-state index contributed by atoms with van der Waals surface area (Å²) in [5, 5.41) is 9.75. The van der Waals surface area contributed by atoms with Crippen LogP contribution < -0.4 is 9.80 Å². The van der Waals surface area contributed by atoms with Crippen LogP contribution in [0.1, 0.15) is 36.1 Å². The Morgan fingerprint density at radius 1 is 0.191 bits per heavy atom. The topological polar surface area (TPSA) is 6.48 Å². The van der Waals surface area contributed by atoms with Gasteiger partial charge in [-0.3, -0.25) is 0 Å². The molecule has 0 spiro atoms. The predicted octanol–water partition coefficient (Wildman–Crippen LogP) is 25.2. The molecule has 16 aromatic rings. The minimum Gasteiger partial charge on any atom is -0.309 e. The number of para-hydroxylation sites is 4. The Morgan fingerprint density at radius 2 is 0.436 bits per heavy atom. The molecule has 94 heavy (non-hydrogen) atoms. The van der Waals surface area contributed by atoms with E-state index in [0.29, 0.717) is 0 Å². The van der Waals surface area contributed by atoms with Crippen LogP contribution in [0.15, 0.2) is 352 Å². The Bertz CT molecular complexity index is 5140. The lowest BCUT2D eigenvalue weighted by atomic mass is 9.56. The Morgan fingerprint density at radius 3 is 0.755 bits per heavy atom. The molecular formula is C92H64N2. The average Bonchev–Trinajstić information content (AvgIpc) is 1.49. The van der Waals surface area contributed by atoms with Crippen molar-refractivity contribution in [3.8, 4) is 66.8 Å². The molecule has 2 aliphatic rings. The fraction of sp³-hybridized carbons (Fsp3) is 0.0435. The molecule has 0 amide bonds. The van der Waals surface area contributed by atoms with E-state index in [-0.39, 0.29) is 0 Å². The van der Waals surface area contributed by atoms with E-state index in [4.69, 9.17) is 0 Å². The molecule has 0 radical (unpaired) electrons. The molecule has 2 atom stereocenters. The van der Waals surface area contributed by atoms with Crippen LogP contribution in [0.25, 0.3) is 110 Å². The molecule has 0 aliphatic heterocycles. The molecule has 0 aromatic heterocycles. The van der Waals surface area contributed by atoms with Gasteiger partial charge in [-0.1, -0.05) is 329 Å². The lowest BCUT2D eigenvalue weighted by Crippen LogP contribution is -2.44. The first-order valence-corrected chi connectivity index (χ1v) is 32.8. The van der Waals surface area contributed by atoms with Crippen LogP contribution in [-0.4, -0.2) is 0 Å². The molecule has 2 aliphatic carbocycles. The zero-order valence-corrected chi connectivity index (χ0v) is 52.4. The van der Waals surface area contributed by atoms with E-state index < -0.39 is 10.8 Å². The van der Waals surface area contributed by atoms with Crippen LogP contribution in [0.4, 0.5) is 34.1 Å². The van der Waals surface area contributed by atoms with Crippen molar-refractivity contribution in [2.75, 3.05) is 9.80 Å². The molecule has 0 fully saturated rings. The lowest BCUT2D eigenvalue weighted by Gasteiger charge is -2.46. The summed E-state index contributed by atoms with van der Waals surface area (Å²) >= 11 is 0. The molecular weight excluding hydrogens is 1130 g/mol. The number of hydrogen-bond acceptors (Lipinski definition) is 2. The fourth-order valence-electron chi connectivity index (χ4n) is 16.6. The van der Waals surface area contributed by atoms with Gasteiger partial charge in [0.25, 0.3) is 0 Å². The Balaban J connectivity index is 0.997. The number of fused-ring (bicyclic) bond motifs is 14. The van der Waals surface area contributed by atoms with Gasteiger partial charge in [-0.15, -0.1) is 0 Å². The Kier molecular flexibility index (Phi) is 12.8. The molecule has 16 aromatic carbocycles. The van der Waals surface area contributed by atoms with Crippen molar-refractivity contribution in [2.24, 2.45) is 0 Å². The summed E-state index contributed by atoms with van der Waals surface area (Å²) in [6.45, 7) is 5.22. The zero-order valence-electron chi connectivity index (χ0n) is 52.4. The van der Waals surface area contributed by atoms with Crippen LogP contribution in [0.5, 0.6) is 0 Å². The molecule has 0 heterocycles. The normalized spacial score (nSPS) is 15.2. The second-order valence-corrected chi connectivity index (χ2v) is 25.6. The summed E-state index contributed by atoms with van der Waals surface area (Å²) in [6, 6.07) is 132. The minimum atomic E-state index is -0.749. The molecule has 18 rings (SSSR count). The smallest absolute Gasteiger partial charge is 0.0544 e. The van der Waals surface area contributed by atoms with Gasteiger partial charge in [0.05, 0.1) is 34.1 Å². The van der Waals surface area contributed by atoms with Crippen molar-refractivity contribution in [2.45, 2.75) is 24.7 Å². The standard InChI is InChI=1S/C92H64N2/c1-91(77-57-55-65-39-15-17-45-71(65)87(77)89-75-49-21-19-47-73(75)85(59-79(89)91)93(81-51-27-23-41-67(81)61-31-7-3-8-32-61)82-52-28-24-42-68(82)62-33-9-4-10-34-62)92(2)78-58-56-66-40-16-18-46-72(66)88(78)90-76-50-22-20-48-74(76)86(60-80(90)92)94(83-53-29-25-43-69(83)63-35-11-5-12-36-63)84-54-30-26-44-70(84)64-37-13-6-14-38-64/h3-60H,1-2H3. The quantitative estimate of drug-likeness (QED) is 0.127. The fourth-order valence-corrected chi connectivity index (χ4v) is 16.6. The van der Waals surface area contributed by atoms with Gasteiger partial charge in [-0.25, -0.2) is 0 Å². The van der Waals surface area contributed by atoms with Crippen LogP contribution in [0, 0.1) is 0 Å². The average molecular weight is 1200 g/mol. The van der Waals surface area contributed by atoms with Gasteiger partial charge < -0.3 is 9.80 Å². The summed E-state index contributed by atoms with van der Waals surface area (Å²) < 4.78 is 0. The van der Waals surface area contributed by atoms with Gasteiger partial charge in [0.2, 0.25) is 0 Å². The Hall–Kier alpha value is -11.8. The van der Waals surface area contributed by atoms with Crippen LogP contribution in [0.3, 0.4) is 0 Å². The van der Waals surface area contributed by atoms with Crippen molar-refractivity contribution in [3.63, 3.8) is 0 Å². The highest BCUT2D eigenvalue weighted by molar-refractivity contribution is 6.19. The molecule has 2 unspecified atom stereocenters. The molecule has 442 valence electrons. The number of rotatable bonds is 11. The van der Waals surface area contributed by atoms with Crippen molar-refractivity contribution in [3.05, 3.63) is 374 Å². The van der Waals surface area contributed by atoms with E-state index in [0.717, 1.165) is 78.6 Å². The van der Waals surface area contributed by atoms with Crippen LogP contribution in [-0.2, 0) is 10.8 Å². The summed E-state index contributed by atoms with van der Waals surface area (Å²) in [6.07, 6.45) is 0. The van der Waals surface area contributed by atoms with Crippen molar-refractivity contribution in [1.29, 1.82) is 0 Å². The summed E-state index contributed by atoms with van der Waals surface area (Å²) in [5.41, 5.74) is 24.7. The van der Waals surface area contributed by atoms with Gasteiger partial charge in [-0.2, -0.15) is 0 Å². The van der Waals surface area contributed by atoms with Crippen LogP contribution in [0.2, 0.25) is 0 Å². The van der Waals surface area contributed by atoms with E-state index in [1.54, 1.807) is 0 Å². The first-order valence-electron chi connectivity index (χ1n) is 32.8. The van der Waals surface area contributed by atoms with E-state index in [1.165, 1.54) is 87.6 Å². The van der Waals surface area contributed by atoms with Crippen molar-refractivity contribution in [1.82, 2.24) is 0 Å². The van der Waals surface area contributed by atoms with E-state index >= 15 is 0 Å². The maximum Gasteiger partial charge on any atom is 0.0544 e. The van der Waals surface area contributed by atoms with E-state index in [2.05, 4.69) is 375 Å². The largest absolute Gasteiger partial charge is 0.309 e. The summed E-state index contributed by atoms with van der Waals surface area (Å²) in [4.78, 5) is 5.19. The van der Waals surface area contributed by atoms with Crippen molar-refractivity contribution < 1.29 is 0 Å². The molecule has 2 nitrogen and oxygen atoms in total. The van der Waals surface area contributed by atoms with Gasteiger partial charge in [0.1, 0.15) is 0 Å². The highest BCUT2D eigenvalue weighted by Crippen LogP contribution is 2.69. The SMILES string of the molecule is CC1(C2(C)c3ccc4ccccc4c3-c3c2cc(N(c2ccccc2-c2ccccc2)c2ccccc2-c2ccccc2)c2ccccc32)c2ccc3ccccc3c2-c2c1cc(N(c1ccccc1-c1ccccc1)c1ccccc1-c1ccccc1)c1ccccc21. The van der Waals surface area contributed by atoms with Crippen molar-refractivity contribution >= 4 is 77.2 Å². The first-order chi connectivity index (χ1) is 46.5. The predicted molar refractivity (Wildman–Crippen MR) is 398 cm³/mol. The number of anilines is 6. The van der Waals surface area contributed by atoms with Gasteiger partial charge >= 0.3 is 0 Å². The zero-order chi connectivity index (χ0) is 62.5. The first kappa shape index (κ1) is 55.0. The van der Waals surface area contributed by atoms with E-state index in [9.17, 15) is 0 Å². The molecule has 2 heteroatoms.